The molecule has 1 aliphatic rings. The van der Waals surface area contributed by atoms with Crippen molar-refractivity contribution < 1.29 is 9.53 Å². The van der Waals surface area contributed by atoms with Crippen LogP contribution in [0.15, 0.2) is 12.3 Å². The molecular formula is C13H17ClN2O2. The second kappa shape index (κ2) is 4.76. The van der Waals surface area contributed by atoms with Gasteiger partial charge in [-0.25, -0.2) is 4.79 Å². The first kappa shape index (κ1) is 13.1. The molecule has 98 valence electrons. The van der Waals surface area contributed by atoms with Gasteiger partial charge in [-0.1, -0.05) is 0 Å². The highest BCUT2D eigenvalue weighted by Crippen LogP contribution is 2.24. The van der Waals surface area contributed by atoms with Gasteiger partial charge in [-0.2, -0.15) is 0 Å². The molecule has 0 spiro atoms. The predicted octanol–water partition coefficient (Wildman–Crippen LogP) is 3.07. The van der Waals surface area contributed by atoms with E-state index in [1.807, 2.05) is 26.8 Å². The fraction of sp³-hybridized carbons (Fsp3) is 0.538. The summed E-state index contributed by atoms with van der Waals surface area (Å²) < 4.78 is 5.35. The Hall–Kier alpha value is -1.29. The van der Waals surface area contributed by atoms with Crippen LogP contribution in [0.3, 0.4) is 0 Å². The predicted molar refractivity (Wildman–Crippen MR) is 69.3 cm³/mol. The summed E-state index contributed by atoms with van der Waals surface area (Å²) in [5.74, 6) is 0.389. The number of carbonyl (C=O) groups excluding carboxylic acids is 1. The molecule has 0 aromatic carbocycles. The summed E-state index contributed by atoms with van der Waals surface area (Å²) in [6.45, 7) is 6.71. The average molecular weight is 269 g/mol. The summed E-state index contributed by atoms with van der Waals surface area (Å²) >= 11 is 5.75. The summed E-state index contributed by atoms with van der Waals surface area (Å²) in [5, 5.41) is 0. The number of nitrogens with zero attached hydrogens (tertiary/aromatic N) is 2. The van der Waals surface area contributed by atoms with E-state index in [4.69, 9.17) is 16.3 Å². The highest BCUT2D eigenvalue weighted by Gasteiger charge is 2.27. The van der Waals surface area contributed by atoms with E-state index in [-0.39, 0.29) is 6.09 Å². The number of amides is 1. The van der Waals surface area contributed by atoms with Crippen molar-refractivity contribution in [2.45, 2.75) is 45.3 Å². The number of carbonyl (C=O) groups is 1. The molecule has 0 fully saturated rings. The molecule has 2 heterocycles. The highest BCUT2D eigenvalue weighted by atomic mass is 35.5. The van der Waals surface area contributed by atoms with E-state index in [1.165, 1.54) is 0 Å². The van der Waals surface area contributed by atoms with Crippen LogP contribution in [0.5, 0.6) is 0 Å². The molecule has 0 bridgehead atoms. The van der Waals surface area contributed by atoms with Gasteiger partial charge in [0.05, 0.1) is 18.1 Å². The van der Waals surface area contributed by atoms with Crippen molar-refractivity contribution in [1.82, 2.24) is 9.88 Å². The molecule has 4 nitrogen and oxygen atoms in total. The maximum Gasteiger partial charge on any atom is 0.410 e. The zero-order chi connectivity index (χ0) is 13.3. The summed E-state index contributed by atoms with van der Waals surface area (Å²) in [7, 11) is 0. The minimum atomic E-state index is -0.467. The molecule has 0 N–H and O–H groups in total. The van der Waals surface area contributed by atoms with Crippen LogP contribution in [0.4, 0.5) is 4.79 Å². The van der Waals surface area contributed by atoms with Gasteiger partial charge >= 0.3 is 6.09 Å². The highest BCUT2D eigenvalue weighted by molar-refractivity contribution is 6.16. The third kappa shape index (κ3) is 2.93. The van der Waals surface area contributed by atoms with Gasteiger partial charge in [0.1, 0.15) is 5.60 Å². The minimum Gasteiger partial charge on any atom is -0.444 e. The fourth-order valence-electron chi connectivity index (χ4n) is 1.86. The van der Waals surface area contributed by atoms with Gasteiger partial charge in [-0.15, -0.1) is 11.6 Å². The van der Waals surface area contributed by atoms with Crippen LogP contribution in [0.25, 0.3) is 0 Å². The molecular weight excluding hydrogens is 252 g/mol. The first-order chi connectivity index (χ1) is 8.39. The smallest absolute Gasteiger partial charge is 0.410 e. The maximum atomic E-state index is 11.9. The van der Waals surface area contributed by atoms with Crippen molar-refractivity contribution in [3.8, 4) is 0 Å². The van der Waals surface area contributed by atoms with Crippen molar-refractivity contribution in [3.63, 3.8) is 0 Å². The van der Waals surface area contributed by atoms with Crippen LogP contribution in [0.1, 0.15) is 37.6 Å². The molecule has 2 rings (SSSR count). The maximum absolute atomic E-state index is 11.9. The second-order valence-corrected chi connectivity index (χ2v) is 5.68. The first-order valence-corrected chi connectivity index (χ1v) is 6.43. The lowest BCUT2D eigenvalue weighted by atomic mass is 10.2. The molecule has 1 amide bonds. The third-order valence-corrected chi connectivity index (χ3v) is 2.92. The monoisotopic (exact) mass is 268 g/mol. The van der Waals surface area contributed by atoms with Crippen LogP contribution in [0, 0.1) is 0 Å². The third-order valence-electron chi connectivity index (χ3n) is 2.65. The van der Waals surface area contributed by atoms with Crippen molar-refractivity contribution in [2.75, 3.05) is 0 Å². The molecule has 0 radical (unpaired) electrons. The minimum absolute atomic E-state index is 0.286. The van der Waals surface area contributed by atoms with E-state index < -0.39 is 5.60 Å². The number of ether oxygens (including phenoxy) is 1. The van der Waals surface area contributed by atoms with Crippen LogP contribution in [-0.2, 0) is 23.7 Å². The van der Waals surface area contributed by atoms with Gasteiger partial charge in [0.25, 0.3) is 0 Å². The largest absolute Gasteiger partial charge is 0.444 e. The van der Waals surface area contributed by atoms with Gasteiger partial charge in [-0.05, 0) is 38.0 Å². The molecule has 0 aliphatic carbocycles. The van der Waals surface area contributed by atoms with Gasteiger partial charge < -0.3 is 4.74 Å². The number of hydrogen-bond acceptors (Lipinski definition) is 3. The summed E-state index contributed by atoms with van der Waals surface area (Å²) in [5.41, 5.74) is 2.54. The molecule has 0 unspecified atom stereocenters. The summed E-state index contributed by atoms with van der Waals surface area (Å²) in [4.78, 5) is 17.8. The fourth-order valence-corrected chi connectivity index (χ4v) is 2.01. The molecule has 0 atom stereocenters. The standard InChI is InChI=1S/C13H17ClN2O2/c1-13(2,3)18-12(17)16-7-9-4-11(5-14)15-6-10(9)8-16/h4,6H,5,7-8H2,1-3H3. The Bertz CT molecular complexity index is 469. The molecule has 1 aliphatic heterocycles. The Kier molecular flexibility index (Phi) is 3.48. The Labute approximate surface area is 112 Å². The number of rotatable bonds is 1. The normalized spacial score (nSPS) is 14.6. The summed E-state index contributed by atoms with van der Waals surface area (Å²) in [6, 6.07) is 1.95. The zero-order valence-electron chi connectivity index (χ0n) is 10.9. The average Bonchev–Trinajstić information content (AvgIpc) is 2.69. The molecule has 1 aromatic heterocycles. The van der Waals surface area contributed by atoms with E-state index in [2.05, 4.69) is 4.98 Å². The Morgan fingerprint density at radius 1 is 1.44 bits per heavy atom. The second-order valence-electron chi connectivity index (χ2n) is 5.41. The van der Waals surface area contributed by atoms with E-state index in [0.29, 0.717) is 19.0 Å². The summed E-state index contributed by atoms with van der Waals surface area (Å²) in [6.07, 6.45) is 1.50. The van der Waals surface area contributed by atoms with Crippen molar-refractivity contribution in [2.24, 2.45) is 0 Å². The van der Waals surface area contributed by atoms with Gasteiger partial charge in [-0.3, -0.25) is 9.88 Å². The van der Waals surface area contributed by atoms with Crippen molar-refractivity contribution in [1.29, 1.82) is 0 Å². The number of hydrogen-bond donors (Lipinski definition) is 0. The lowest BCUT2D eigenvalue weighted by Crippen LogP contribution is -2.33. The zero-order valence-corrected chi connectivity index (χ0v) is 11.6. The van der Waals surface area contributed by atoms with E-state index >= 15 is 0 Å². The lowest BCUT2D eigenvalue weighted by molar-refractivity contribution is 0.0242. The van der Waals surface area contributed by atoms with Gasteiger partial charge in [0.15, 0.2) is 0 Å². The Morgan fingerprint density at radius 2 is 2.11 bits per heavy atom. The van der Waals surface area contributed by atoms with Crippen LogP contribution in [-0.4, -0.2) is 21.6 Å². The molecule has 18 heavy (non-hydrogen) atoms. The number of halogens is 1. The SMILES string of the molecule is CC(C)(C)OC(=O)N1Cc2cnc(CCl)cc2C1. The molecule has 0 saturated carbocycles. The number of pyridine rings is 1. The number of fused-ring (bicyclic) bond motifs is 1. The molecule has 0 saturated heterocycles. The Morgan fingerprint density at radius 3 is 2.72 bits per heavy atom. The molecule has 1 aromatic rings. The van der Waals surface area contributed by atoms with E-state index in [9.17, 15) is 4.79 Å². The first-order valence-electron chi connectivity index (χ1n) is 5.89. The topological polar surface area (TPSA) is 42.4 Å². The van der Waals surface area contributed by atoms with Crippen LogP contribution < -0.4 is 0 Å². The quantitative estimate of drug-likeness (QED) is 0.735. The number of aromatic nitrogens is 1. The van der Waals surface area contributed by atoms with Crippen molar-refractivity contribution in [3.05, 3.63) is 29.1 Å². The van der Waals surface area contributed by atoms with E-state index in [1.54, 1.807) is 11.1 Å². The molecule has 5 heteroatoms. The van der Waals surface area contributed by atoms with Crippen molar-refractivity contribution >= 4 is 17.7 Å². The van der Waals surface area contributed by atoms with Crippen LogP contribution >= 0.6 is 11.6 Å². The van der Waals surface area contributed by atoms with Crippen LogP contribution in [0.2, 0.25) is 0 Å². The number of alkyl halides is 1. The van der Waals surface area contributed by atoms with E-state index in [0.717, 1.165) is 16.8 Å². The Balaban J connectivity index is 2.08. The van der Waals surface area contributed by atoms with Gasteiger partial charge in [0, 0.05) is 12.7 Å². The van der Waals surface area contributed by atoms with Gasteiger partial charge in [0.2, 0.25) is 0 Å². The lowest BCUT2D eigenvalue weighted by Gasteiger charge is -2.24.